The summed E-state index contributed by atoms with van der Waals surface area (Å²) in [5.41, 5.74) is 1.40. The zero-order valence-electron chi connectivity index (χ0n) is 12.1. The highest BCUT2D eigenvalue weighted by Gasteiger charge is 2.23. The summed E-state index contributed by atoms with van der Waals surface area (Å²) in [5, 5.41) is 10.2. The minimum absolute atomic E-state index is 0.115. The molecular formula is C17H18N2O2. The number of methoxy groups -OCH3 is 1. The van der Waals surface area contributed by atoms with Gasteiger partial charge >= 0.3 is 0 Å². The van der Waals surface area contributed by atoms with E-state index in [1.165, 1.54) is 0 Å². The number of pyridine rings is 1. The van der Waals surface area contributed by atoms with Crippen LogP contribution in [0, 0.1) is 11.3 Å². The lowest BCUT2D eigenvalue weighted by Gasteiger charge is -2.28. The van der Waals surface area contributed by atoms with Gasteiger partial charge in [0.15, 0.2) is 0 Å². The van der Waals surface area contributed by atoms with Crippen LogP contribution in [0.15, 0.2) is 30.3 Å². The Kier molecular flexibility index (Phi) is 4.03. The van der Waals surface area contributed by atoms with Crippen molar-refractivity contribution >= 4 is 10.9 Å². The maximum atomic E-state index is 9.29. The Labute approximate surface area is 124 Å². The van der Waals surface area contributed by atoms with E-state index < -0.39 is 0 Å². The average molecular weight is 282 g/mol. The van der Waals surface area contributed by atoms with E-state index in [4.69, 9.17) is 9.47 Å². The number of rotatable bonds is 3. The summed E-state index contributed by atoms with van der Waals surface area (Å²) in [4.78, 5) is 4.51. The predicted molar refractivity (Wildman–Crippen MR) is 80.1 cm³/mol. The Hall–Kier alpha value is -2.12. The van der Waals surface area contributed by atoms with Crippen LogP contribution in [-0.4, -0.2) is 24.3 Å². The molecule has 1 fully saturated rings. The number of para-hydroxylation sites is 1. The molecule has 0 N–H and O–H groups in total. The van der Waals surface area contributed by atoms with Crippen molar-refractivity contribution in [3.8, 4) is 11.9 Å². The molecule has 2 unspecified atom stereocenters. The van der Waals surface area contributed by atoms with Crippen LogP contribution in [0.5, 0.6) is 5.88 Å². The van der Waals surface area contributed by atoms with Crippen LogP contribution < -0.4 is 4.74 Å². The first-order valence-corrected chi connectivity index (χ1v) is 7.29. The molecule has 4 heteroatoms. The van der Waals surface area contributed by atoms with Crippen LogP contribution in [0.3, 0.4) is 0 Å². The van der Waals surface area contributed by atoms with Crippen LogP contribution in [-0.2, 0) is 4.74 Å². The van der Waals surface area contributed by atoms with Gasteiger partial charge in [-0.15, -0.1) is 0 Å². The molecule has 2 aromatic rings. The smallest absolute Gasteiger partial charge is 0.215 e. The Morgan fingerprint density at radius 1 is 1.24 bits per heavy atom. The number of hydrogen-bond acceptors (Lipinski definition) is 4. The highest BCUT2D eigenvalue weighted by atomic mass is 16.5. The second kappa shape index (κ2) is 6.11. The fourth-order valence-corrected chi connectivity index (χ4v) is 2.90. The molecule has 2 atom stereocenters. The molecule has 4 nitrogen and oxygen atoms in total. The second-order valence-electron chi connectivity index (χ2n) is 5.40. The summed E-state index contributed by atoms with van der Waals surface area (Å²) in [5.74, 6) is 0.534. The summed E-state index contributed by atoms with van der Waals surface area (Å²) >= 11 is 0. The van der Waals surface area contributed by atoms with Crippen LogP contribution >= 0.6 is 0 Å². The van der Waals surface area contributed by atoms with E-state index in [-0.39, 0.29) is 12.2 Å². The zero-order chi connectivity index (χ0) is 14.7. The minimum Gasteiger partial charge on any atom is -0.474 e. The Bertz CT molecular complexity index is 678. The van der Waals surface area contributed by atoms with E-state index >= 15 is 0 Å². The van der Waals surface area contributed by atoms with Gasteiger partial charge in [0.1, 0.15) is 12.2 Å². The second-order valence-corrected chi connectivity index (χ2v) is 5.40. The molecule has 1 aliphatic rings. The number of hydrogen-bond donors (Lipinski definition) is 0. The molecule has 1 aliphatic carbocycles. The first-order chi connectivity index (χ1) is 10.3. The number of benzene rings is 1. The molecule has 0 spiro atoms. The van der Waals surface area contributed by atoms with E-state index in [1.807, 2.05) is 24.3 Å². The fraction of sp³-hybridized carbons (Fsp3) is 0.412. The molecule has 1 heterocycles. The minimum atomic E-state index is 0.115. The molecule has 0 radical (unpaired) electrons. The van der Waals surface area contributed by atoms with Crippen molar-refractivity contribution in [2.45, 2.75) is 37.9 Å². The molecule has 1 aromatic carbocycles. The van der Waals surface area contributed by atoms with Gasteiger partial charge in [-0.3, -0.25) is 0 Å². The van der Waals surface area contributed by atoms with Crippen LogP contribution in [0.4, 0.5) is 0 Å². The Balaban J connectivity index is 1.86. The first-order valence-electron chi connectivity index (χ1n) is 7.29. The van der Waals surface area contributed by atoms with Gasteiger partial charge in [0.25, 0.3) is 0 Å². The number of fused-ring (bicyclic) bond motifs is 1. The summed E-state index contributed by atoms with van der Waals surface area (Å²) in [7, 11) is 1.75. The molecule has 3 rings (SSSR count). The van der Waals surface area contributed by atoms with E-state index in [1.54, 1.807) is 13.2 Å². The summed E-state index contributed by atoms with van der Waals surface area (Å²) in [6.45, 7) is 0. The van der Waals surface area contributed by atoms with Crippen molar-refractivity contribution in [1.82, 2.24) is 4.98 Å². The lowest BCUT2D eigenvalue weighted by molar-refractivity contribution is 0.0196. The van der Waals surface area contributed by atoms with Crippen molar-refractivity contribution in [3.05, 3.63) is 35.9 Å². The molecule has 0 saturated heterocycles. The summed E-state index contributed by atoms with van der Waals surface area (Å²) < 4.78 is 11.4. The number of ether oxygens (including phenoxy) is 2. The average Bonchev–Trinajstić information content (AvgIpc) is 2.54. The van der Waals surface area contributed by atoms with Crippen molar-refractivity contribution in [1.29, 1.82) is 5.26 Å². The third-order valence-electron chi connectivity index (χ3n) is 4.01. The molecular weight excluding hydrogens is 264 g/mol. The Morgan fingerprint density at radius 2 is 2.05 bits per heavy atom. The molecule has 0 amide bonds. The number of aromatic nitrogens is 1. The predicted octanol–water partition coefficient (Wildman–Crippen LogP) is 3.44. The van der Waals surface area contributed by atoms with Gasteiger partial charge in [-0.1, -0.05) is 18.2 Å². The van der Waals surface area contributed by atoms with Gasteiger partial charge in [0.05, 0.1) is 17.2 Å². The SMILES string of the molecule is COC1CCCC(Oc2cc(C#N)c3ccccc3n2)C1. The standard InChI is InChI=1S/C17H18N2O2/c1-20-13-5-4-6-14(10-13)21-17-9-12(11-18)15-7-2-3-8-16(15)19-17/h2-3,7-9,13-14H,4-6,10H2,1H3. The maximum absolute atomic E-state index is 9.29. The van der Waals surface area contributed by atoms with Gasteiger partial charge in [-0.25, -0.2) is 4.98 Å². The third-order valence-corrected chi connectivity index (χ3v) is 4.01. The summed E-state index contributed by atoms with van der Waals surface area (Å²) in [6, 6.07) is 11.6. The maximum Gasteiger partial charge on any atom is 0.215 e. The van der Waals surface area contributed by atoms with Crippen molar-refractivity contribution < 1.29 is 9.47 Å². The molecule has 1 saturated carbocycles. The van der Waals surface area contributed by atoms with Crippen LogP contribution in [0.2, 0.25) is 0 Å². The van der Waals surface area contributed by atoms with Gasteiger partial charge < -0.3 is 9.47 Å². The van der Waals surface area contributed by atoms with E-state index in [9.17, 15) is 5.26 Å². The topological polar surface area (TPSA) is 55.1 Å². The molecule has 21 heavy (non-hydrogen) atoms. The molecule has 1 aromatic heterocycles. The van der Waals surface area contributed by atoms with Crippen LogP contribution in [0.1, 0.15) is 31.2 Å². The van der Waals surface area contributed by atoms with Gasteiger partial charge in [0.2, 0.25) is 5.88 Å². The van der Waals surface area contributed by atoms with Gasteiger partial charge in [-0.05, 0) is 25.3 Å². The highest BCUT2D eigenvalue weighted by molar-refractivity contribution is 5.85. The van der Waals surface area contributed by atoms with Crippen LogP contribution in [0.25, 0.3) is 10.9 Å². The normalized spacial score (nSPS) is 21.9. The van der Waals surface area contributed by atoms with Gasteiger partial charge in [-0.2, -0.15) is 5.26 Å². The lowest BCUT2D eigenvalue weighted by atomic mass is 9.95. The van der Waals surface area contributed by atoms with Crippen molar-refractivity contribution in [3.63, 3.8) is 0 Å². The molecule has 0 bridgehead atoms. The number of nitriles is 1. The zero-order valence-corrected chi connectivity index (χ0v) is 12.1. The quantitative estimate of drug-likeness (QED) is 0.865. The largest absolute Gasteiger partial charge is 0.474 e. The van der Waals surface area contributed by atoms with Gasteiger partial charge in [0, 0.05) is 25.0 Å². The van der Waals surface area contributed by atoms with Crippen molar-refractivity contribution in [2.75, 3.05) is 7.11 Å². The fourth-order valence-electron chi connectivity index (χ4n) is 2.90. The number of nitrogens with zero attached hydrogens (tertiary/aromatic N) is 2. The van der Waals surface area contributed by atoms with E-state index in [2.05, 4.69) is 11.1 Å². The molecule has 0 aliphatic heterocycles. The monoisotopic (exact) mass is 282 g/mol. The highest BCUT2D eigenvalue weighted by Crippen LogP contribution is 2.27. The van der Waals surface area contributed by atoms with Crippen molar-refractivity contribution in [2.24, 2.45) is 0 Å². The Morgan fingerprint density at radius 3 is 2.86 bits per heavy atom. The molecule has 108 valence electrons. The lowest BCUT2D eigenvalue weighted by Crippen LogP contribution is -2.29. The van der Waals surface area contributed by atoms with E-state index in [0.717, 1.165) is 36.6 Å². The first kappa shape index (κ1) is 13.8. The summed E-state index contributed by atoms with van der Waals surface area (Å²) in [6.07, 6.45) is 4.46. The van der Waals surface area contributed by atoms with E-state index in [0.29, 0.717) is 11.4 Å². The third kappa shape index (κ3) is 2.98.